The number of benzene rings is 3. The largest absolute Gasteiger partial charge is 0.464 e. The van der Waals surface area contributed by atoms with Crippen molar-refractivity contribution in [2.45, 2.75) is 51.2 Å². The van der Waals surface area contributed by atoms with Gasteiger partial charge in [-0.05, 0) is 81.1 Å². The maximum absolute atomic E-state index is 13.8. The first kappa shape index (κ1) is 25.7. The first-order chi connectivity index (χ1) is 17.0. The molecule has 0 unspecified atom stereocenters. The molecule has 4 rings (SSSR count). The molecule has 188 valence electrons. The smallest absolute Gasteiger partial charge is 0.338 e. The molecule has 0 aliphatic heterocycles. The molecule has 0 amide bonds. The van der Waals surface area contributed by atoms with Crippen LogP contribution in [-0.4, -0.2) is 30.8 Å². The van der Waals surface area contributed by atoms with Gasteiger partial charge in [-0.15, -0.1) is 0 Å². The summed E-state index contributed by atoms with van der Waals surface area (Å²) in [7, 11) is -3.81. The third-order valence-corrected chi connectivity index (χ3v) is 7.66. The van der Waals surface area contributed by atoms with Crippen molar-refractivity contribution >= 4 is 27.0 Å². The van der Waals surface area contributed by atoms with Crippen LogP contribution in [0.15, 0.2) is 88.4 Å². The maximum Gasteiger partial charge on any atom is 0.338 e. The van der Waals surface area contributed by atoms with Gasteiger partial charge in [0.2, 0.25) is 10.0 Å². The number of fused-ring (bicyclic) bond motifs is 1. The van der Waals surface area contributed by atoms with E-state index in [-0.39, 0.29) is 11.4 Å². The van der Waals surface area contributed by atoms with E-state index in [0.29, 0.717) is 24.1 Å². The number of sulfonamides is 1. The molecular formula is C29H31NO5S. The van der Waals surface area contributed by atoms with Crippen LogP contribution in [0.5, 0.6) is 0 Å². The summed E-state index contributed by atoms with van der Waals surface area (Å²) in [6, 6.07) is 21.6. The number of carbonyl (C=O) groups excluding carboxylic acids is 1. The van der Waals surface area contributed by atoms with E-state index in [2.05, 4.69) is 0 Å². The van der Waals surface area contributed by atoms with Crippen LogP contribution in [0.2, 0.25) is 0 Å². The Morgan fingerprint density at radius 3 is 2.31 bits per heavy atom. The van der Waals surface area contributed by atoms with Crippen molar-refractivity contribution in [3.63, 3.8) is 0 Å². The molecule has 0 radical (unpaired) electrons. The molecule has 1 heterocycles. The number of ether oxygens (including phenoxy) is 1. The Morgan fingerprint density at radius 2 is 1.64 bits per heavy atom. The molecule has 0 aliphatic rings. The van der Waals surface area contributed by atoms with Crippen molar-refractivity contribution < 1.29 is 22.4 Å². The molecular weight excluding hydrogens is 474 g/mol. The Balaban J connectivity index is 1.61. The zero-order chi connectivity index (χ0) is 25.9. The van der Waals surface area contributed by atoms with Crippen molar-refractivity contribution in [1.82, 2.24) is 4.31 Å². The Labute approximate surface area is 212 Å². The Kier molecular flexibility index (Phi) is 7.33. The molecule has 0 saturated heterocycles. The molecule has 0 saturated carbocycles. The lowest BCUT2D eigenvalue weighted by molar-refractivity contribution is 0.00694. The van der Waals surface area contributed by atoms with Crippen LogP contribution < -0.4 is 0 Å². The van der Waals surface area contributed by atoms with E-state index in [1.807, 2.05) is 58.0 Å². The number of hydrogen-bond donors (Lipinski definition) is 0. The second-order valence-corrected chi connectivity index (χ2v) is 11.8. The van der Waals surface area contributed by atoms with Crippen molar-refractivity contribution in [3.05, 3.63) is 101 Å². The number of carbonyl (C=O) groups is 1. The number of nitrogens with zero attached hydrogens (tertiary/aromatic N) is 1. The predicted molar refractivity (Wildman–Crippen MR) is 140 cm³/mol. The number of rotatable bonds is 8. The molecule has 0 fully saturated rings. The van der Waals surface area contributed by atoms with Crippen LogP contribution in [0.25, 0.3) is 11.0 Å². The van der Waals surface area contributed by atoms with Gasteiger partial charge in [-0.1, -0.05) is 42.5 Å². The summed E-state index contributed by atoms with van der Waals surface area (Å²) in [6.07, 6.45) is 2.20. The van der Waals surface area contributed by atoms with E-state index in [0.717, 1.165) is 22.1 Å². The molecule has 0 N–H and O–H groups in total. The summed E-state index contributed by atoms with van der Waals surface area (Å²) in [5.41, 5.74) is 3.20. The standard InChI is InChI=1S/C29H31NO5S/c1-21-20-34-27-15-14-25(18-26(21)27)36(32,33)30(17-16-22-8-6-5-7-9-22)19-23-10-12-24(13-11-23)28(31)35-29(2,3)4/h5-15,18,20H,16-17,19H2,1-4H3. The van der Waals surface area contributed by atoms with E-state index >= 15 is 0 Å². The normalized spacial score (nSPS) is 12.2. The maximum atomic E-state index is 13.8. The third kappa shape index (κ3) is 6.04. The predicted octanol–water partition coefficient (Wildman–Crippen LogP) is 6.13. The lowest BCUT2D eigenvalue weighted by Gasteiger charge is -2.23. The van der Waals surface area contributed by atoms with Crippen LogP contribution in [0.4, 0.5) is 0 Å². The molecule has 0 atom stereocenters. The van der Waals surface area contributed by atoms with Crippen LogP contribution in [0.1, 0.15) is 47.8 Å². The highest BCUT2D eigenvalue weighted by molar-refractivity contribution is 7.89. The van der Waals surface area contributed by atoms with Crippen molar-refractivity contribution in [2.75, 3.05) is 6.54 Å². The minimum absolute atomic E-state index is 0.173. The van der Waals surface area contributed by atoms with Crippen molar-refractivity contribution in [3.8, 4) is 0 Å². The van der Waals surface area contributed by atoms with E-state index in [4.69, 9.17) is 9.15 Å². The van der Waals surface area contributed by atoms with Gasteiger partial charge in [0, 0.05) is 18.5 Å². The Bertz CT molecular complexity index is 1450. The quantitative estimate of drug-likeness (QED) is 0.269. The second kappa shape index (κ2) is 10.3. The molecule has 0 spiro atoms. The SMILES string of the molecule is Cc1coc2ccc(S(=O)(=O)N(CCc3ccccc3)Cc3ccc(C(=O)OC(C)(C)C)cc3)cc12. The number of esters is 1. The van der Waals surface area contributed by atoms with Crippen LogP contribution in [0, 0.1) is 6.92 Å². The monoisotopic (exact) mass is 505 g/mol. The number of furan rings is 1. The van der Waals surface area contributed by atoms with E-state index in [9.17, 15) is 13.2 Å². The summed E-state index contributed by atoms with van der Waals surface area (Å²) in [4.78, 5) is 12.6. The molecule has 36 heavy (non-hydrogen) atoms. The van der Waals surface area contributed by atoms with Gasteiger partial charge in [0.25, 0.3) is 0 Å². The molecule has 7 heteroatoms. The lowest BCUT2D eigenvalue weighted by atomic mass is 10.1. The van der Waals surface area contributed by atoms with E-state index < -0.39 is 21.6 Å². The zero-order valence-electron chi connectivity index (χ0n) is 21.0. The van der Waals surface area contributed by atoms with E-state index in [1.165, 1.54) is 4.31 Å². The average Bonchev–Trinajstić information content (AvgIpc) is 3.21. The molecule has 0 aliphatic carbocycles. The summed E-state index contributed by atoms with van der Waals surface area (Å²) in [6.45, 7) is 7.82. The first-order valence-electron chi connectivity index (χ1n) is 11.9. The van der Waals surface area contributed by atoms with Crippen molar-refractivity contribution in [2.24, 2.45) is 0 Å². The fourth-order valence-electron chi connectivity index (χ4n) is 3.91. The zero-order valence-corrected chi connectivity index (χ0v) is 21.8. The van der Waals surface area contributed by atoms with Crippen LogP contribution >= 0.6 is 0 Å². The fourth-order valence-corrected chi connectivity index (χ4v) is 5.37. The minimum atomic E-state index is -3.81. The highest BCUT2D eigenvalue weighted by Crippen LogP contribution is 2.27. The molecule has 3 aromatic carbocycles. The molecule has 4 aromatic rings. The lowest BCUT2D eigenvalue weighted by Crippen LogP contribution is -2.32. The van der Waals surface area contributed by atoms with Crippen molar-refractivity contribution in [1.29, 1.82) is 0 Å². The molecule has 1 aromatic heterocycles. The highest BCUT2D eigenvalue weighted by Gasteiger charge is 2.26. The van der Waals surface area contributed by atoms with Crippen LogP contribution in [0.3, 0.4) is 0 Å². The van der Waals surface area contributed by atoms with Gasteiger partial charge in [0.15, 0.2) is 0 Å². The van der Waals surface area contributed by atoms with Gasteiger partial charge >= 0.3 is 5.97 Å². The summed E-state index contributed by atoms with van der Waals surface area (Å²) in [5.74, 6) is -0.411. The summed E-state index contributed by atoms with van der Waals surface area (Å²) >= 11 is 0. The Hall–Kier alpha value is -3.42. The molecule has 0 bridgehead atoms. The molecule has 6 nitrogen and oxygen atoms in total. The second-order valence-electron chi connectivity index (χ2n) is 9.85. The topological polar surface area (TPSA) is 76.8 Å². The first-order valence-corrected chi connectivity index (χ1v) is 13.3. The van der Waals surface area contributed by atoms with Gasteiger partial charge in [-0.2, -0.15) is 4.31 Å². The average molecular weight is 506 g/mol. The van der Waals surface area contributed by atoms with Gasteiger partial charge in [0.1, 0.15) is 11.2 Å². The van der Waals surface area contributed by atoms with Gasteiger partial charge in [-0.25, -0.2) is 13.2 Å². The van der Waals surface area contributed by atoms with Gasteiger partial charge in [-0.3, -0.25) is 0 Å². The number of hydrogen-bond acceptors (Lipinski definition) is 5. The van der Waals surface area contributed by atoms with Crippen LogP contribution in [-0.2, 0) is 27.7 Å². The Morgan fingerprint density at radius 1 is 0.944 bits per heavy atom. The fraction of sp³-hybridized carbons (Fsp3) is 0.276. The van der Waals surface area contributed by atoms with Gasteiger partial charge in [0.05, 0.1) is 16.7 Å². The third-order valence-electron chi connectivity index (χ3n) is 5.82. The number of aryl methyl sites for hydroxylation is 1. The summed E-state index contributed by atoms with van der Waals surface area (Å²) < 4.78 is 40.0. The van der Waals surface area contributed by atoms with E-state index in [1.54, 1.807) is 48.7 Å². The minimum Gasteiger partial charge on any atom is -0.464 e. The summed E-state index contributed by atoms with van der Waals surface area (Å²) in [5, 5.41) is 0.779. The van der Waals surface area contributed by atoms with Gasteiger partial charge < -0.3 is 9.15 Å². The highest BCUT2D eigenvalue weighted by atomic mass is 32.2.